The second-order valence-corrected chi connectivity index (χ2v) is 6.80. The first-order chi connectivity index (χ1) is 12.3. The Hall–Kier alpha value is -2.05. The third-order valence-electron chi connectivity index (χ3n) is 4.94. The van der Waals surface area contributed by atoms with Crippen molar-refractivity contribution in [2.45, 2.75) is 31.8 Å². The standard InChI is InChI=1S/C19H25N5O/c1-24(13-15-5-3-11-25-15)19-16-6-9-20-10-7-17(16)22-18(23-19)14-4-2-8-21-12-14/h2,4,8,12,15,20H,3,5-7,9-11,13H2,1H3/t15-/m1/s1. The molecule has 0 aliphatic carbocycles. The van der Waals surface area contributed by atoms with E-state index in [1.807, 2.05) is 18.3 Å². The number of anilines is 1. The van der Waals surface area contributed by atoms with E-state index in [1.165, 1.54) is 5.56 Å². The molecule has 4 heterocycles. The number of aromatic nitrogens is 3. The van der Waals surface area contributed by atoms with E-state index in [4.69, 9.17) is 14.7 Å². The highest BCUT2D eigenvalue weighted by Gasteiger charge is 2.23. The number of nitrogens with one attached hydrogen (secondary N) is 1. The first kappa shape index (κ1) is 16.4. The van der Waals surface area contributed by atoms with Gasteiger partial charge < -0.3 is 15.0 Å². The lowest BCUT2D eigenvalue weighted by molar-refractivity contribution is 0.116. The molecule has 1 atom stereocenters. The molecular formula is C19H25N5O. The number of rotatable bonds is 4. The minimum Gasteiger partial charge on any atom is -0.376 e. The molecule has 1 N–H and O–H groups in total. The van der Waals surface area contributed by atoms with Crippen LogP contribution >= 0.6 is 0 Å². The predicted octanol–water partition coefficient (Wildman–Crippen LogP) is 1.84. The molecule has 0 spiro atoms. The van der Waals surface area contributed by atoms with Gasteiger partial charge in [-0.1, -0.05) is 0 Å². The van der Waals surface area contributed by atoms with Crippen LogP contribution in [0, 0.1) is 0 Å². The van der Waals surface area contributed by atoms with Crippen molar-refractivity contribution in [3.8, 4) is 11.4 Å². The Bertz CT molecular complexity index is 715. The van der Waals surface area contributed by atoms with E-state index in [1.54, 1.807) is 6.20 Å². The highest BCUT2D eigenvalue weighted by molar-refractivity contribution is 5.60. The van der Waals surface area contributed by atoms with Crippen molar-refractivity contribution in [3.05, 3.63) is 35.8 Å². The van der Waals surface area contributed by atoms with Crippen molar-refractivity contribution in [1.29, 1.82) is 0 Å². The molecule has 25 heavy (non-hydrogen) atoms. The number of hydrogen-bond donors (Lipinski definition) is 1. The lowest BCUT2D eigenvalue weighted by Crippen LogP contribution is -2.30. The highest BCUT2D eigenvalue weighted by atomic mass is 16.5. The smallest absolute Gasteiger partial charge is 0.163 e. The Kier molecular flexibility index (Phi) is 4.90. The fraction of sp³-hybridized carbons (Fsp3) is 0.526. The first-order valence-corrected chi connectivity index (χ1v) is 9.15. The third-order valence-corrected chi connectivity index (χ3v) is 4.94. The van der Waals surface area contributed by atoms with Crippen LogP contribution in [0.15, 0.2) is 24.5 Å². The molecule has 1 saturated heterocycles. The summed E-state index contributed by atoms with van der Waals surface area (Å²) in [6, 6.07) is 3.95. The van der Waals surface area contributed by atoms with Gasteiger partial charge in [0.05, 0.1) is 11.8 Å². The molecule has 6 heteroatoms. The average Bonchev–Trinajstić information content (AvgIpc) is 3.04. The fourth-order valence-corrected chi connectivity index (χ4v) is 3.65. The zero-order chi connectivity index (χ0) is 17.1. The average molecular weight is 339 g/mol. The van der Waals surface area contributed by atoms with Crippen LogP contribution in [0.4, 0.5) is 5.82 Å². The molecule has 2 aliphatic heterocycles. The number of hydrogen-bond acceptors (Lipinski definition) is 6. The van der Waals surface area contributed by atoms with Gasteiger partial charge in [0.25, 0.3) is 0 Å². The van der Waals surface area contributed by atoms with Gasteiger partial charge in [0.15, 0.2) is 5.82 Å². The van der Waals surface area contributed by atoms with Gasteiger partial charge in [0, 0.05) is 56.7 Å². The molecule has 132 valence electrons. The van der Waals surface area contributed by atoms with Crippen LogP contribution in [0.2, 0.25) is 0 Å². The van der Waals surface area contributed by atoms with Crippen molar-refractivity contribution in [3.63, 3.8) is 0 Å². The SMILES string of the molecule is CN(C[C@H]1CCCO1)c1nc(-c2cccnc2)nc2c1CCNCC2. The molecule has 6 nitrogen and oxygen atoms in total. The van der Waals surface area contributed by atoms with Crippen LogP contribution < -0.4 is 10.2 Å². The summed E-state index contributed by atoms with van der Waals surface area (Å²) in [6.07, 6.45) is 8.11. The van der Waals surface area contributed by atoms with E-state index in [-0.39, 0.29) is 0 Å². The minimum atomic E-state index is 0.307. The summed E-state index contributed by atoms with van der Waals surface area (Å²) in [4.78, 5) is 16.3. The molecule has 1 fully saturated rings. The Morgan fingerprint density at radius 1 is 1.28 bits per heavy atom. The van der Waals surface area contributed by atoms with Crippen molar-refractivity contribution in [2.24, 2.45) is 0 Å². The molecule has 0 bridgehead atoms. The Balaban J connectivity index is 1.72. The zero-order valence-electron chi connectivity index (χ0n) is 14.7. The van der Waals surface area contributed by atoms with Gasteiger partial charge in [0.1, 0.15) is 5.82 Å². The van der Waals surface area contributed by atoms with Crippen molar-refractivity contribution < 1.29 is 4.74 Å². The van der Waals surface area contributed by atoms with Crippen LogP contribution in [-0.2, 0) is 17.6 Å². The molecule has 0 unspecified atom stereocenters. The Labute approximate surface area is 148 Å². The summed E-state index contributed by atoms with van der Waals surface area (Å²) in [5, 5.41) is 3.47. The highest BCUT2D eigenvalue weighted by Crippen LogP contribution is 2.27. The largest absolute Gasteiger partial charge is 0.376 e. The monoisotopic (exact) mass is 339 g/mol. The third kappa shape index (κ3) is 3.65. The topological polar surface area (TPSA) is 63.2 Å². The summed E-state index contributed by atoms with van der Waals surface area (Å²) in [5.41, 5.74) is 3.40. The van der Waals surface area contributed by atoms with E-state index in [9.17, 15) is 0 Å². The van der Waals surface area contributed by atoms with Crippen molar-refractivity contribution in [2.75, 3.05) is 38.2 Å². The van der Waals surface area contributed by atoms with Gasteiger partial charge in [-0.3, -0.25) is 4.98 Å². The second-order valence-electron chi connectivity index (χ2n) is 6.80. The van der Waals surface area contributed by atoms with Crippen LogP contribution in [-0.4, -0.2) is 54.3 Å². The molecular weight excluding hydrogens is 314 g/mol. The molecule has 0 aromatic carbocycles. The Morgan fingerprint density at radius 3 is 3.00 bits per heavy atom. The van der Waals surface area contributed by atoms with Crippen molar-refractivity contribution >= 4 is 5.82 Å². The number of nitrogens with zero attached hydrogens (tertiary/aromatic N) is 4. The molecule has 0 saturated carbocycles. The number of likely N-dealkylation sites (N-methyl/N-ethyl adjacent to an activating group) is 1. The molecule has 2 aromatic heterocycles. The van der Waals surface area contributed by atoms with Gasteiger partial charge in [-0.2, -0.15) is 0 Å². The van der Waals surface area contributed by atoms with Crippen molar-refractivity contribution in [1.82, 2.24) is 20.3 Å². The van der Waals surface area contributed by atoms with Gasteiger partial charge in [-0.05, 0) is 37.9 Å². The van der Waals surface area contributed by atoms with Gasteiger partial charge in [-0.25, -0.2) is 9.97 Å². The quantitative estimate of drug-likeness (QED) is 0.917. The van der Waals surface area contributed by atoms with E-state index in [0.29, 0.717) is 6.10 Å². The molecule has 2 aromatic rings. The lowest BCUT2D eigenvalue weighted by Gasteiger charge is -2.25. The maximum absolute atomic E-state index is 5.82. The van der Waals surface area contributed by atoms with E-state index >= 15 is 0 Å². The van der Waals surface area contributed by atoms with Crippen LogP contribution in [0.25, 0.3) is 11.4 Å². The molecule has 4 rings (SSSR count). The van der Waals surface area contributed by atoms with Gasteiger partial charge in [0.2, 0.25) is 0 Å². The van der Waals surface area contributed by atoms with Crippen LogP contribution in [0.5, 0.6) is 0 Å². The number of fused-ring (bicyclic) bond motifs is 1. The summed E-state index contributed by atoms with van der Waals surface area (Å²) >= 11 is 0. The Morgan fingerprint density at radius 2 is 2.20 bits per heavy atom. The fourth-order valence-electron chi connectivity index (χ4n) is 3.65. The summed E-state index contributed by atoms with van der Waals surface area (Å²) in [5.74, 6) is 1.81. The van der Waals surface area contributed by atoms with E-state index in [2.05, 4.69) is 22.2 Å². The molecule has 2 aliphatic rings. The van der Waals surface area contributed by atoms with Crippen LogP contribution in [0.1, 0.15) is 24.1 Å². The summed E-state index contributed by atoms with van der Waals surface area (Å²) in [6.45, 7) is 3.70. The predicted molar refractivity (Wildman–Crippen MR) is 97.8 cm³/mol. The first-order valence-electron chi connectivity index (χ1n) is 9.15. The maximum Gasteiger partial charge on any atom is 0.163 e. The molecule has 0 amide bonds. The van der Waals surface area contributed by atoms with Crippen LogP contribution in [0.3, 0.4) is 0 Å². The molecule has 0 radical (unpaired) electrons. The lowest BCUT2D eigenvalue weighted by atomic mass is 10.1. The zero-order valence-corrected chi connectivity index (χ0v) is 14.7. The maximum atomic E-state index is 5.82. The normalized spacial score (nSPS) is 20.1. The number of ether oxygens (including phenoxy) is 1. The number of pyridine rings is 1. The minimum absolute atomic E-state index is 0.307. The van der Waals surface area contributed by atoms with E-state index < -0.39 is 0 Å². The summed E-state index contributed by atoms with van der Waals surface area (Å²) in [7, 11) is 2.12. The van der Waals surface area contributed by atoms with Gasteiger partial charge in [-0.15, -0.1) is 0 Å². The summed E-state index contributed by atoms with van der Waals surface area (Å²) < 4.78 is 5.82. The van der Waals surface area contributed by atoms with Gasteiger partial charge >= 0.3 is 0 Å². The second kappa shape index (κ2) is 7.45. The van der Waals surface area contributed by atoms with E-state index in [0.717, 1.165) is 74.8 Å².